The smallest absolute Gasteiger partial charge is 0.156 e. The molecule has 5 heteroatoms. The van der Waals surface area contributed by atoms with Gasteiger partial charge in [-0.05, 0) is 27.7 Å². The molecular weight excluding hydrogens is 222 g/mol. The van der Waals surface area contributed by atoms with Crippen LogP contribution in [0.1, 0.15) is 27.7 Å². The Morgan fingerprint density at radius 3 is 2.00 bits per heavy atom. The molecule has 0 aromatic heterocycles. The molecule has 1 unspecified atom stereocenters. The third kappa shape index (κ3) is 12.5. The fourth-order valence-corrected chi connectivity index (χ4v) is 4.87. The second-order valence-electron chi connectivity index (χ2n) is 2.53. The summed E-state index contributed by atoms with van der Waals surface area (Å²) in [6.07, 6.45) is -0.386. The van der Waals surface area contributed by atoms with Gasteiger partial charge in [0.25, 0.3) is 0 Å². The molecule has 0 aliphatic carbocycles. The van der Waals surface area contributed by atoms with Gasteiger partial charge in [-0.2, -0.15) is 4.52 Å². The van der Waals surface area contributed by atoms with E-state index in [1.165, 1.54) is 0 Å². The summed E-state index contributed by atoms with van der Waals surface area (Å²) < 4.78 is 5.40. The van der Waals surface area contributed by atoms with Crippen molar-refractivity contribution in [1.29, 1.82) is 0 Å². The molecule has 1 radical (unpaired) electrons. The largest absolute Gasteiger partial charge is 0.414 e. The van der Waals surface area contributed by atoms with Crippen molar-refractivity contribution in [1.82, 2.24) is 0 Å². The summed E-state index contributed by atoms with van der Waals surface area (Å²) in [7, 11) is 0. The molecule has 0 bridgehead atoms. The molecule has 0 spiro atoms. The minimum atomic E-state index is -0.659. The second kappa shape index (κ2) is 9.04. The van der Waals surface area contributed by atoms with Gasteiger partial charge in [0, 0.05) is 56.6 Å². The van der Waals surface area contributed by atoms with Crippen molar-refractivity contribution in [2.24, 2.45) is 0 Å². The molecule has 0 aromatic rings. The molecule has 0 heterocycles. The predicted octanol–water partition coefficient (Wildman–Crippen LogP) is 2.95. The van der Waals surface area contributed by atoms with Gasteiger partial charge in [-0.3, -0.25) is 0 Å². The molecule has 0 saturated heterocycles. The van der Waals surface area contributed by atoms with Crippen molar-refractivity contribution in [2.75, 3.05) is 0 Å². The zero-order valence-corrected chi connectivity index (χ0v) is 13.5. The van der Waals surface area contributed by atoms with Crippen LogP contribution in [-0.2, 0) is 16.3 Å². The second-order valence-corrected chi connectivity index (χ2v) is 7.66. The minimum Gasteiger partial charge on any atom is -0.156 e. The third-order valence-electron chi connectivity index (χ3n) is 0.594. The van der Waals surface area contributed by atoms with Gasteiger partial charge in [-0.15, -0.1) is 0 Å². The van der Waals surface area contributed by atoms with Crippen molar-refractivity contribution >= 4 is 80.7 Å². The molecule has 1 atom stereocenters. The van der Waals surface area contributed by atoms with E-state index in [-0.39, 0.29) is 57.5 Å². The van der Waals surface area contributed by atoms with Crippen LogP contribution in [0.3, 0.4) is 0 Å². The van der Waals surface area contributed by atoms with E-state index in [9.17, 15) is 0 Å². The van der Waals surface area contributed by atoms with Crippen molar-refractivity contribution in [2.45, 2.75) is 39.0 Å². The molecule has 0 aliphatic rings. The SMILES string of the molecule is CC(C)O[P+](=S)SC(C)C.[K]. The van der Waals surface area contributed by atoms with Crippen LogP contribution in [0.15, 0.2) is 0 Å². The summed E-state index contributed by atoms with van der Waals surface area (Å²) in [5.41, 5.74) is 0. The third-order valence-corrected chi connectivity index (χ3v) is 4.85. The number of hydrogen-bond acceptors (Lipinski definition) is 3. The van der Waals surface area contributed by atoms with Crippen LogP contribution in [0.25, 0.3) is 0 Å². The van der Waals surface area contributed by atoms with Crippen LogP contribution in [0, 0.1) is 0 Å². The van der Waals surface area contributed by atoms with Gasteiger partial charge in [0.1, 0.15) is 17.5 Å². The summed E-state index contributed by atoms with van der Waals surface area (Å²) in [6.45, 7) is 8.30. The van der Waals surface area contributed by atoms with E-state index in [0.717, 1.165) is 0 Å². The zero-order valence-electron chi connectivity index (χ0n) is 7.83. The zero-order chi connectivity index (χ0) is 8.15. The molecule has 0 saturated carbocycles. The van der Waals surface area contributed by atoms with Gasteiger partial charge < -0.3 is 0 Å². The van der Waals surface area contributed by atoms with Crippen molar-refractivity contribution in [3.63, 3.8) is 0 Å². The minimum absolute atomic E-state index is 0. The first-order valence-corrected chi connectivity index (χ1v) is 7.09. The van der Waals surface area contributed by atoms with Crippen LogP contribution in [-0.4, -0.2) is 62.7 Å². The maximum Gasteiger partial charge on any atom is 0.414 e. The summed E-state index contributed by atoms with van der Waals surface area (Å²) in [6, 6.07) is 0. The van der Waals surface area contributed by atoms with E-state index in [0.29, 0.717) is 5.25 Å². The Morgan fingerprint density at radius 2 is 1.73 bits per heavy atom. The monoisotopic (exact) mass is 236 g/mol. The summed E-state index contributed by atoms with van der Waals surface area (Å²) in [5.74, 6) is 0. The van der Waals surface area contributed by atoms with Crippen molar-refractivity contribution in [3.05, 3.63) is 0 Å². The Bertz CT molecular complexity index is 107. The van der Waals surface area contributed by atoms with Gasteiger partial charge in [0.15, 0.2) is 0 Å². The first kappa shape index (κ1) is 15.9. The Balaban J connectivity index is 0. The number of hydrogen-bond donors (Lipinski definition) is 0. The van der Waals surface area contributed by atoms with E-state index in [4.69, 9.17) is 16.3 Å². The Kier molecular flexibility index (Phi) is 13.1. The molecule has 11 heavy (non-hydrogen) atoms. The normalized spacial score (nSPS) is 11.6. The summed E-state index contributed by atoms with van der Waals surface area (Å²) in [4.78, 5) is 0. The Hall–Kier alpha value is 2.47. The predicted molar refractivity (Wildman–Crippen MR) is 59.0 cm³/mol. The van der Waals surface area contributed by atoms with Gasteiger partial charge in [-0.25, -0.2) is 0 Å². The average molecular weight is 236 g/mol. The molecule has 0 amide bonds. The van der Waals surface area contributed by atoms with Crippen LogP contribution in [0.5, 0.6) is 0 Å². The number of rotatable bonds is 4. The summed E-state index contributed by atoms with van der Waals surface area (Å²) >= 11 is 6.84. The topological polar surface area (TPSA) is 9.23 Å². The molecule has 0 aromatic carbocycles. The van der Waals surface area contributed by atoms with Crippen LogP contribution in [0.4, 0.5) is 0 Å². The molecule has 1 nitrogen and oxygen atoms in total. The van der Waals surface area contributed by atoms with E-state index < -0.39 is 6.13 Å². The maximum atomic E-state index is 5.40. The molecular formula is C6H14KOPS2+. The van der Waals surface area contributed by atoms with E-state index >= 15 is 0 Å². The fourth-order valence-electron chi connectivity index (χ4n) is 0.369. The van der Waals surface area contributed by atoms with E-state index in [1.54, 1.807) is 11.4 Å². The first-order chi connectivity index (χ1) is 4.52. The van der Waals surface area contributed by atoms with E-state index in [1.807, 2.05) is 13.8 Å². The fraction of sp³-hybridized carbons (Fsp3) is 1.00. The molecule has 0 N–H and O–H groups in total. The van der Waals surface area contributed by atoms with Gasteiger partial charge in [0.05, 0.1) is 0 Å². The van der Waals surface area contributed by atoms with Crippen LogP contribution < -0.4 is 0 Å². The van der Waals surface area contributed by atoms with Crippen molar-refractivity contribution < 1.29 is 4.52 Å². The van der Waals surface area contributed by atoms with Gasteiger partial charge in [-0.1, -0.05) is 0 Å². The molecule has 0 aliphatic heterocycles. The average Bonchev–Trinajstić information content (AvgIpc) is 1.58. The Morgan fingerprint density at radius 1 is 1.27 bits per heavy atom. The standard InChI is InChI=1S/C6H14OPS2.K/c1-5(2)7-8(9)10-6(3)4;/h5-6H,1-4H3;/q+1;. The van der Waals surface area contributed by atoms with Crippen LogP contribution in [0.2, 0.25) is 0 Å². The maximum absolute atomic E-state index is 5.40. The quantitative estimate of drug-likeness (QED) is 0.548. The van der Waals surface area contributed by atoms with Crippen LogP contribution >= 0.6 is 17.5 Å². The Labute approximate surface area is 122 Å². The molecule has 0 rings (SSSR count). The van der Waals surface area contributed by atoms with Crippen molar-refractivity contribution in [3.8, 4) is 0 Å². The molecule has 0 fully saturated rings. The van der Waals surface area contributed by atoms with E-state index in [2.05, 4.69) is 13.8 Å². The van der Waals surface area contributed by atoms with Gasteiger partial charge >= 0.3 is 6.13 Å². The van der Waals surface area contributed by atoms with Gasteiger partial charge in [0.2, 0.25) is 11.8 Å². The summed E-state index contributed by atoms with van der Waals surface area (Å²) in [5, 5.41) is 0.586. The first-order valence-electron chi connectivity index (χ1n) is 3.33. The molecule has 61 valence electrons.